The van der Waals surface area contributed by atoms with Crippen LogP contribution in [0.25, 0.3) is 0 Å². The topological polar surface area (TPSA) is 70.7 Å². The zero-order chi connectivity index (χ0) is 20.5. The Balaban J connectivity index is 1.52. The summed E-state index contributed by atoms with van der Waals surface area (Å²) in [6.45, 7) is 5.93. The first-order valence-corrected chi connectivity index (χ1v) is 10.3. The van der Waals surface area contributed by atoms with Gasteiger partial charge in [-0.05, 0) is 68.2 Å². The first kappa shape index (κ1) is 20.9. The minimum Gasteiger partial charge on any atom is -0.494 e. The van der Waals surface area contributed by atoms with E-state index in [9.17, 15) is 9.59 Å². The monoisotopic (exact) mass is 395 g/mol. The molecule has 6 nitrogen and oxygen atoms in total. The maximum absolute atomic E-state index is 12.2. The van der Waals surface area contributed by atoms with Gasteiger partial charge in [-0.2, -0.15) is 0 Å². The van der Waals surface area contributed by atoms with Crippen LogP contribution in [0, 0.1) is 0 Å². The summed E-state index contributed by atoms with van der Waals surface area (Å²) >= 11 is 0. The molecule has 2 aromatic rings. The Morgan fingerprint density at radius 2 is 1.62 bits per heavy atom. The van der Waals surface area contributed by atoms with E-state index >= 15 is 0 Å². The number of anilines is 1. The van der Waals surface area contributed by atoms with E-state index in [1.54, 1.807) is 24.3 Å². The molecular weight excluding hydrogens is 366 g/mol. The van der Waals surface area contributed by atoms with Crippen molar-refractivity contribution in [1.82, 2.24) is 10.2 Å². The van der Waals surface area contributed by atoms with Crippen molar-refractivity contribution < 1.29 is 14.3 Å². The molecule has 2 amide bonds. The van der Waals surface area contributed by atoms with Gasteiger partial charge in [0.25, 0.3) is 0 Å². The first-order chi connectivity index (χ1) is 14.2. The number of carbonyl (C=O) groups is 2. The van der Waals surface area contributed by atoms with E-state index in [1.165, 1.54) is 24.8 Å². The molecule has 1 heterocycles. The summed E-state index contributed by atoms with van der Waals surface area (Å²) in [5, 5.41) is 5.35. The van der Waals surface area contributed by atoms with Gasteiger partial charge in [0.2, 0.25) is 0 Å². The van der Waals surface area contributed by atoms with Gasteiger partial charge in [-0.15, -0.1) is 0 Å². The number of rotatable bonds is 7. The van der Waals surface area contributed by atoms with Crippen molar-refractivity contribution in [3.05, 3.63) is 59.7 Å². The van der Waals surface area contributed by atoms with E-state index in [-0.39, 0.29) is 0 Å². The van der Waals surface area contributed by atoms with Gasteiger partial charge in [0.1, 0.15) is 5.75 Å². The number of hydrogen-bond donors (Lipinski definition) is 2. The predicted octanol–water partition coefficient (Wildman–Crippen LogP) is 3.33. The van der Waals surface area contributed by atoms with Crippen LogP contribution in [0.3, 0.4) is 0 Å². The van der Waals surface area contributed by atoms with Gasteiger partial charge in [0.05, 0.1) is 6.61 Å². The smallest absolute Gasteiger partial charge is 0.313 e. The van der Waals surface area contributed by atoms with Crippen LogP contribution in [0.1, 0.15) is 37.3 Å². The summed E-state index contributed by atoms with van der Waals surface area (Å²) in [6.07, 6.45) is 3.78. The third kappa shape index (κ3) is 6.32. The number of carbonyl (C=O) groups excluding carboxylic acids is 2. The Labute approximate surface area is 172 Å². The van der Waals surface area contributed by atoms with Gasteiger partial charge in [-0.25, -0.2) is 0 Å². The highest BCUT2D eigenvalue weighted by Crippen LogP contribution is 2.17. The molecule has 6 heteroatoms. The molecule has 0 aromatic heterocycles. The Kier molecular flexibility index (Phi) is 7.64. The number of hydrogen-bond acceptors (Lipinski definition) is 4. The van der Waals surface area contributed by atoms with Crippen molar-refractivity contribution in [2.24, 2.45) is 0 Å². The molecule has 1 aliphatic heterocycles. The average Bonchev–Trinajstić information content (AvgIpc) is 2.75. The molecule has 0 radical (unpaired) electrons. The van der Waals surface area contributed by atoms with Gasteiger partial charge >= 0.3 is 11.8 Å². The van der Waals surface area contributed by atoms with E-state index in [0.717, 1.165) is 30.9 Å². The minimum atomic E-state index is -0.678. The van der Waals surface area contributed by atoms with Gasteiger partial charge in [0, 0.05) is 18.8 Å². The van der Waals surface area contributed by atoms with Crippen LogP contribution >= 0.6 is 0 Å². The summed E-state index contributed by atoms with van der Waals surface area (Å²) in [5.74, 6) is -0.602. The van der Waals surface area contributed by atoms with Crippen LogP contribution in [0.2, 0.25) is 0 Å². The molecule has 1 saturated heterocycles. The number of benzene rings is 2. The molecule has 2 aromatic carbocycles. The molecule has 0 saturated carbocycles. The third-order valence-corrected chi connectivity index (χ3v) is 5.03. The SMILES string of the molecule is CCOc1ccc(NC(=O)C(=O)NCc2ccccc2CN2CCCCC2)cc1. The van der Waals surface area contributed by atoms with Gasteiger partial charge in [-0.1, -0.05) is 30.7 Å². The summed E-state index contributed by atoms with van der Waals surface area (Å²) in [6, 6.07) is 15.0. The number of likely N-dealkylation sites (tertiary alicyclic amines) is 1. The number of nitrogens with one attached hydrogen (secondary N) is 2. The Hall–Kier alpha value is -2.86. The molecule has 0 aliphatic carbocycles. The molecular formula is C23H29N3O3. The fourth-order valence-corrected chi connectivity index (χ4v) is 3.49. The number of nitrogens with zero attached hydrogens (tertiary/aromatic N) is 1. The van der Waals surface area contributed by atoms with Crippen molar-refractivity contribution in [3.63, 3.8) is 0 Å². The van der Waals surface area contributed by atoms with Crippen molar-refractivity contribution in [1.29, 1.82) is 0 Å². The summed E-state index contributed by atoms with van der Waals surface area (Å²) in [5.41, 5.74) is 2.79. The average molecular weight is 396 g/mol. The fourth-order valence-electron chi connectivity index (χ4n) is 3.49. The lowest BCUT2D eigenvalue weighted by atomic mass is 10.0. The quantitative estimate of drug-likeness (QED) is 0.706. The highest BCUT2D eigenvalue weighted by atomic mass is 16.5. The maximum atomic E-state index is 12.2. The predicted molar refractivity (Wildman–Crippen MR) is 114 cm³/mol. The Bertz CT molecular complexity index is 814. The molecule has 154 valence electrons. The second-order valence-electron chi connectivity index (χ2n) is 7.20. The summed E-state index contributed by atoms with van der Waals surface area (Å²) in [4.78, 5) is 26.9. The Morgan fingerprint density at radius 3 is 2.31 bits per heavy atom. The summed E-state index contributed by atoms with van der Waals surface area (Å²) < 4.78 is 5.37. The van der Waals surface area contributed by atoms with Crippen LogP contribution in [0.5, 0.6) is 5.75 Å². The molecule has 0 unspecified atom stereocenters. The number of amides is 2. The lowest BCUT2D eigenvalue weighted by molar-refractivity contribution is -0.136. The fraction of sp³-hybridized carbons (Fsp3) is 0.391. The third-order valence-electron chi connectivity index (χ3n) is 5.03. The standard InChI is InChI=1S/C23H29N3O3/c1-2-29-21-12-10-20(11-13-21)25-23(28)22(27)24-16-18-8-4-5-9-19(18)17-26-14-6-3-7-15-26/h4-5,8-13H,2-3,6-7,14-17H2,1H3,(H,24,27)(H,25,28). The molecule has 3 rings (SSSR count). The maximum Gasteiger partial charge on any atom is 0.313 e. The van der Waals surface area contributed by atoms with Crippen molar-refractivity contribution in [2.75, 3.05) is 25.0 Å². The van der Waals surface area contributed by atoms with Gasteiger partial charge < -0.3 is 15.4 Å². The van der Waals surface area contributed by atoms with Crippen LogP contribution in [0.15, 0.2) is 48.5 Å². The Morgan fingerprint density at radius 1 is 0.931 bits per heavy atom. The molecule has 29 heavy (non-hydrogen) atoms. The van der Waals surface area contributed by atoms with Crippen molar-refractivity contribution in [2.45, 2.75) is 39.3 Å². The molecule has 0 atom stereocenters. The highest BCUT2D eigenvalue weighted by molar-refractivity contribution is 6.39. The van der Waals surface area contributed by atoms with Crippen molar-refractivity contribution in [3.8, 4) is 5.75 Å². The molecule has 0 bridgehead atoms. The molecule has 1 fully saturated rings. The zero-order valence-corrected chi connectivity index (χ0v) is 16.9. The van der Waals surface area contributed by atoms with Gasteiger partial charge in [0.15, 0.2) is 0 Å². The van der Waals surface area contributed by atoms with Crippen molar-refractivity contribution >= 4 is 17.5 Å². The lowest BCUT2D eigenvalue weighted by Gasteiger charge is -2.27. The highest BCUT2D eigenvalue weighted by Gasteiger charge is 2.16. The minimum absolute atomic E-state index is 0.333. The largest absolute Gasteiger partial charge is 0.494 e. The number of ether oxygens (including phenoxy) is 1. The van der Waals surface area contributed by atoms with E-state index < -0.39 is 11.8 Å². The van der Waals surface area contributed by atoms with Gasteiger partial charge in [-0.3, -0.25) is 14.5 Å². The lowest BCUT2D eigenvalue weighted by Crippen LogP contribution is -2.35. The van der Waals surface area contributed by atoms with E-state index in [2.05, 4.69) is 21.6 Å². The van der Waals surface area contributed by atoms with E-state index in [0.29, 0.717) is 18.8 Å². The van der Waals surface area contributed by atoms with Crippen LogP contribution in [-0.4, -0.2) is 36.4 Å². The number of piperidine rings is 1. The molecule has 2 N–H and O–H groups in total. The van der Waals surface area contributed by atoms with Crippen LogP contribution < -0.4 is 15.4 Å². The second-order valence-corrected chi connectivity index (χ2v) is 7.20. The normalized spacial score (nSPS) is 14.2. The summed E-state index contributed by atoms with van der Waals surface area (Å²) in [7, 11) is 0. The van der Waals surface area contributed by atoms with E-state index in [4.69, 9.17) is 4.74 Å². The zero-order valence-electron chi connectivity index (χ0n) is 16.9. The molecule has 0 spiro atoms. The first-order valence-electron chi connectivity index (χ1n) is 10.3. The van der Waals surface area contributed by atoms with E-state index in [1.807, 2.05) is 25.1 Å². The van der Waals surface area contributed by atoms with Crippen LogP contribution in [-0.2, 0) is 22.7 Å². The van der Waals surface area contributed by atoms with Crippen LogP contribution in [0.4, 0.5) is 5.69 Å². The molecule has 1 aliphatic rings. The second kappa shape index (κ2) is 10.6.